The number of fused-ring (bicyclic) bond motifs is 1. The van der Waals surface area contributed by atoms with Crippen LogP contribution in [-0.4, -0.2) is 64.9 Å². The minimum Gasteiger partial charge on any atom is -0.506 e. The summed E-state index contributed by atoms with van der Waals surface area (Å²) in [6, 6.07) is 5.04. The standard InChI is InChI=1S/C17H18ClN5O5/c18-9-3-1-2-8(12(9)25)4-19-15-11-16(21-6-20-15)23(7-22-11)17-14(27)13(26)10(5-24)28-17/h1-3,6-7,10,13-14,17,24-27H,4-5H2,(H,19,20,21)/t10-,13-,14-,17-/m1/s1. The van der Waals surface area contributed by atoms with E-state index in [1.54, 1.807) is 18.2 Å². The molecule has 28 heavy (non-hydrogen) atoms. The van der Waals surface area contributed by atoms with Crippen LogP contribution in [0.2, 0.25) is 5.02 Å². The van der Waals surface area contributed by atoms with E-state index in [0.717, 1.165) is 0 Å². The molecule has 4 atom stereocenters. The minimum atomic E-state index is -1.25. The molecule has 11 heteroatoms. The van der Waals surface area contributed by atoms with Crippen LogP contribution in [0.4, 0.5) is 5.82 Å². The second-order valence-corrected chi connectivity index (χ2v) is 6.78. The van der Waals surface area contributed by atoms with Crippen LogP contribution in [0, 0.1) is 0 Å². The van der Waals surface area contributed by atoms with Crippen LogP contribution in [0.3, 0.4) is 0 Å². The van der Waals surface area contributed by atoms with Gasteiger partial charge >= 0.3 is 0 Å². The van der Waals surface area contributed by atoms with Crippen molar-refractivity contribution in [1.29, 1.82) is 0 Å². The number of nitrogens with one attached hydrogen (secondary N) is 1. The van der Waals surface area contributed by atoms with Crippen molar-refractivity contribution in [3.63, 3.8) is 0 Å². The molecule has 3 heterocycles. The van der Waals surface area contributed by atoms with Crippen LogP contribution in [0.5, 0.6) is 5.75 Å². The molecule has 1 fully saturated rings. The summed E-state index contributed by atoms with van der Waals surface area (Å²) in [5, 5.41) is 42.8. The first-order valence-corrected chi connectivity index (χ1v) is 8.89. The molecule has 1 aliphatic rings. The topological polar surface area (TPSA) is 146 Å². The zero-order valence-corrected chi connectivity index (χ0v) is 15.2. The van der Waals surface area contributed by atoms with Crippen LogP contribution in [0.1, 0.15) is 11.8 Å². The van der Waals surface area contributed by atoms with E-state index < -0.39 is 31.1 Å². The smallest absolute Gasteiger partial charge is 0.167 e. The van der Waals surface area contributed by atoms with Crippen molar-refractivity contribution in [3.8, 4) is 5.75 Å². The van der Waals surface area contributed by atoms with E-state index in [9.17, 15) is 20.4 Å². The molecule has 0 saturated carbocycles. The molecule has 0 radical (unpaired) electrons. The fourth-order valence-corrected chi connectivity index (χ4v) is 3.35. The monoisotopic (exact) mass is 407 g/mol. The number of para-hydroxylation sites is 1. The number of phenols is 1. The fraction of sp³-hybridized carbons (Fsp3) is 0.353. The number of hydrogen-bond acceptors (Lipinski definition) is 9. The fourth-order valence-electron chi connectivity index (χ4n) is 3.16. The van der Waals surface area contributed by atoms with E-state index in [1.165, 1.54) is 17.2 Å². The number of halogens is 1. The van der Waals surface area contributed by atoms with Crippen molar-refractivity contribution in [1.82, 2.24) is 19.5 Å². The lowest BCUT2D eigenvalue weighted by atomic mass is 10.1. The van der Waals surface area contributed by atoms with E-state index in [2.05, 4.69) is 20.3 Å². The Morgan fingerprint density at radius 1 is 1.18 bits per heavy atom. The highest BCUT2D eigenvalue weighted by atomic mass is 35.5. The average Bonchev–Trinajstić information content (AvgIpc) is 3.25. The third-order valence-corrected chi connectivity index (χ3v) is 4.97. The van der Waals surface area contributed by atoms with Crippen LogP contribution < -0.4 is 5.32 Å². The summed E-state index contributed by atoms with van der Waals surface area (Å²) in [6.45, 7) is -0.175. The van der Waals surface area contributed by atoms with E-state index in [1.807, 2.05) is 0 Å². The Morgan fingerprint density at radius 3 is 2.75 bits per heavy atom. The van der Waals surface area contributed by atoms with Gasteiger partial charge in [-0.15, -0.1) is 0 Å². The SMILES string of the molecule is OC[C@H]1O[C@@H](n2cnc3c(NCc4cccc(Cl)c4O)ncnc32)[C@H](O)[C@@H]1O. The van der Waals surface area contributed by atoms with Crippen molar-refractivity contribution in [2.75, 3.05) is 11.9 Å². The Morgan fingerprint density at radius 2 is 2.00 bits per heavy atom. The van der Waals surface area contributed by atoms with Crippen molar-refractivity contribution < 1.29 is 25.2 Å². The number of anilines is 1. The number of aromatic nitrogens is 4. The molecule has 0 spiro atoms. The number of ether oxygens (including phenoxy) is 1. The molecule has 0 amide bonds. The molecule has 2 aromatic heterocycles. The summed E-state index contributed by atoms with van der Waals surface area (Å²) in [6.07, 6.45) is -1.58. The Balaban J connectivity index is 1.61. The van der Waals surface area contributed by atoms with Gasteiger partial charge in [-0.25, -0.2) is 15.0 Å². The number of aliphatic hydroxyl groups excluding tert-OH is 3. The average molecular weight is 408 g/mol. The minimum absolute atomic E-state index is 0.0148. The quantitative estimate of drug-likeness (QED) is 0.405. The number of hydrogen-bond donors (Lipinski definition) is 5. The number of rotatable bonds is 5. The first kappa shape index (κ1) is 18.8. The molecule has 3 aromatic rings. The van der Waals surface area contributed by atoms with Crippen LogP contribution in [0.25, 0.3) is 11.2 Å². The van der Waals surface area contributed by atoms with E-state index >= 15 is 0 Å². The van der Waals surface area contributed by atoms with Crippen molar-refractivity contribution >= 4 is 28.6 Å². The normalized spacial score (nSPS) is 24.7. The van der Waals surface area contributed by atoms with Gasteiger partial charge in [0, 0.05) is 12.1 Å². The Hall–Kier alpha value is -2.50. The molecule has 0 unspecified atom stereocenters. The highest BCUT2D eigenvalue weighted by molar-refractivity contribution is 6.32. The highest BCUT2D eigenvalue weighted by Crippen LogP contribution is 2.32. The zero-order chi connectivity index (χ0) is 19.8. The van der Waals surface area contributed by atoms with Gasteiger partial charge in [0.25, 0.3) is 0 Å². The largest absolute Gasteiger partial charge is 0.506 e. The number of benzene rings is 1. The molecule has 10 nitrogen and oxygen atoms in total. The van der Waals surface area contributed by atoms with Gasteiger partial charge in [0.1, 0.15) is 30.4 Å². The predicted octanol–water partition coefficient (Wildman–Crippen LogP) is 0.409. The predicted molar refractivity (Wildman–Crippen MR) is 98.8 cm³/mol. The first-order valence-electron chi connectivity index (χ1n) is 8.51. The molecule has 0 aliphatic carbocycles. The Kier molecular flexibility index (Phi) is 5.04. The van der Waals surface area contributed by atoms with E-state index in [0.29, 0.717) is 22.5 Å². The second kappa shape index (κ2) is 7.49. The zero-order valence-electron chi connectivity index (χ0n) is 14.5. The number of aliphatic hydroxyl groups is 3. The number of aromatic hydroxyl groups is 1. The van der Waals surface area contributed by atoms with Gasteiger partial charge in [0.2, 0.25) is 0 Å². The van der Waals surface area contributed by atoms with Gasteiger partial charge in [-0.1, -0.05) is 23.7 Å². The molecular formula is C17H18ClN5O5. The Bertz CT molecular complexity index is 999. The summed E-state index contributed by atoms with van der Waals surface area (Å²) in [4.78, 5) is 12.6. The molecule has 0 bridgehead atoms. The van der Waals surface area contributed by atoms with Crippen LogP contribution in [-0.2, 0) is 11.3 Å². The number of imidazole rings is 1. The van der Waals surface area contributed by atoms with Gasteiger partial charge in [-0.2, -0.15) is 0 Å². The van der Waals surface area contributed by atoms with Crippen molar-refractivity contribution in [2.45, 2.75) is 31.1 Å². The molecule has 1 aromatic carbocycles. The third kappa shape index (κ3) is 3.15. The molecule has 5 N–H and O–H groups in total. The molecular weight excluding hydrogens is 390 g/mol. The maximum atomic E-state index is 10.2. The van der Waals surface area contributed by atoms with Crippen LogP contribution >= 0.6 is 11.6 Å². The maximum Gasteiger partial charge on any atom is 0.167 e. The lowest BCUT2D eigenvalue weighted by Crippen LogP contribution is -2.33. The molecule has 148 valence electrons. The maximum absolute atomic E-state index is 10.2. The van der Waals surface area contributed by atoms with Crippen molar-refractivity contribution in [3.05, 3.63) is 41.4 Å². The lowest BCUT2D eigenvalue weighted by Gasteiger charge is -2.16. The molecule has 4 rings (SSSR count). The van der Waals surface area contributed by atoms with Gasteiger partial charge in [-0.3, -0.25) is 4.57 Å². The number of phenolic OH excluding ortho intramolecular Hbond substituents is 1. The highest BCUT2D eigenvalue weighted by Gasteiger charge is 2.44. The Labute approximate surface area is 164 Å². The van der Waals surface area contributed by atoms with E-state index in [-0.39, 0.29) is 17.3 Å². The summed E-state index contributed by atoms with van der Waals surface area (Å²) >= 11 is 5.92. The number of nitrogens with zero attached hydrogens (tertiary/aromatic N) is 4. The van der Waals surface area contributed by atoms with Gasteiger partial charge in [-0.05, 0) is 6.07 Å². The lowest BCUT2D eigenvalue weighted by molar-refractivity contribution is -0.0511. The van der Waals surface area contributed by atoms with Gasteiger partial charge < -0.3 is 30.5 Å². The van der Waals surface area contributed by atoms with Gasteiger partial charge in [0.15, 0.2) is 23.2 Å². The van der Waals surface area contributed by atoms with E-state index in [4.69, 9.17) is 16.3 Å². The third-order valence-electron chi connectivity index (χ3n) is 4.67. The summed E-state index contributed by atoms with van der Waals surface area (Å²) in [5.74, 6) is 0.397. The molecule has 1 aliphatic heterocycles. The molecule has 1 saturated heterocycles. The summed E-state index contributed by atoms with van der Waals surface area (Å²) in [7, 11) is 0. The first-order chi connectivity index (χ1) is 13.5. The van der Waals surface area contributed by atoms with Crippen LogP contribution in [0.15, 0.2) is 30.9 Å². The summed E-state index contributed by atoms with van der Waals surface area (Å²) < 4.78 is 7.00. The van der Waals surface area contributed by atoms with Crippen molar-refractivity contribution in [2.24, 2.45) is 0 Å². The second-order valence-electron chi connectivity index (χ2n) is 6.38. The summed E-state index contributed by atoms with van der Waals surface area (Å²) in [5.41, 5.74) is 1.38. The van der Waals surface area contributed by atoms with Gasteiger partial charge in [0.05, 0.1) is 18.0 Å².